The average Bonchev–Trinajstić information content (AvgIpc) is 3.04. The van der Waals surface area contributed by atoms with Crippen molar-refractivity contribution in [1.29, 1.82) is 0 Å². The molecule has 0 unspecified atom stereocenters. The quantitative estimate of drug-likeness (QED) is 0.778. The van der Waals surface area contributed by atoms with Crippen molar-refractivity contribution in [1.82, 2.24) is 14.5 Å². The van der Waals surface area contributed by atoms with Gasteiger partial charge in [0.05, 0.1) is 7.11 Å². The first-order valence-electron chi connectivity index (χ1n) is 8.19. The first kappa shape index (κ1) is 15.5. The van der Waals surface area contributed by atoms with Crippen LogP contribution in [0.2, 0.25) is 0 Å². The fourth-order valence-corrected chi connectivity index (χ4v) is 3.34. The van der Waals surface area contributed by atoms with E-state index in [0.717, 1.165) is 27.8 Å². The fraction of sp³-hybridized carbons (Fsp3) is 0.263. The van der Waals surface area contributed by atoms with Crippen molar-refractivity contribution in [3.8, 4) is 5.75 Å². The molecule has 2 aromatic heterocycles. The third-order valence-electron chi connectivity index (χ3n) is 4.77. The Morgan fingerprint density at radius 2 is 2.04 bits per heavy atom. The van der Waals surface area contributed by atoms with Gasteiger partial charge >= 0.3 is 0 Å². The van der Waals surface area contributed by atoms with Crippen LogP contribution in [-0.2, 0) is 20.0 Å². The largest absolute Gasteiger partial charge is 0.497 e. The lowest BCUT2D eigenvalue weighted by molar-refractivity contribution is 0.0729. The highest BCUT2D eigenvalue weighted by molar-refractivity contribution is 5.98. The van der Waals surface area contributed by atoms with E-state index in [2.05, 4.69) is 4.98 Å². The lowest BCUT2D eigenvalue weighted by Crippen LogP contribution is -2.37. The van der Waals surface area contributed by atoms with Crippen molar-refractivity contribution in [2.75, 3.05) is 13.7 Å². The van der Waals surface area contributed by atoms with Gasteiger partial charge in [0.25, 0.3) is 11.5 Å². The second-order valence-corrected chi connectivity index (χ2v) is 6.39. The highest BCUT2D eigenvalue weighted by Crippen LogP contribution is 2.24. The molecular weight excluding hydrogens is 318 g/mol. The number of fused-ring (bicyclic) bond motifs is 2. The molecule has 128 valence electrons. The van der Waals surface area contributed by atoms with Crippen LogP contribution < -0.4 is 10.3 Å². The zero-order chi connectivity index (χ0) is 17.6. The third-order valence-corrected chi connectivity index (χ3v) is 4.77. The number of nitrogens with zero attached hydrogens (tertiary/aromatic N) is 2. The lowest BCUT2D eigenvalue weighted by atomic mass is 10.0. The van der Waals surface area contributed by atoms with Gasteiger partial charge in [-0.05, 0) is 41.8 Å². The topological polar surface area (TPSA) is 67.3 Å². The summed E-state index contributed by atoms with van der Waals surface area (Å²) in [4.78, 5) is 29.6. The average molecular weight is 337 g/mol. The molecule has 3 aromatic rings. The fourth-order valence-electron chi connectivity index (χ4n) is 3.34. The minimum Gasteiger partial charge on any atom is -0.497 e. The number of amides is 1. The van der Waals surface area contributed by atoms with E-state index in [4.69, 9.17) is 4.74 Å². The van der Waals surface area contributed by atoms with Crippen LogP contribution in [0, 0.1) is 0 Å². The Labute approximate surface area is 144 Å². The second-order valence-electron chi connectivity index (χ2n) is 6.39. The van der Waals surface area contributed by atoms with Gasteiger partial charge in [-0.25, -0.2) is 0 Å². The molecule has 1 amide bonds. The molecule has 1 aromatic carbocycles. The van der Waals surface area contributed by atoms with Crippen molar-refractivity contribution >= 4 is 16.8 Å². The Hall–Kier alpha value is -3.02. The number of H-pyrrole nitrogens is 1. The smallest absolute Gasteiger partial charge is 0.270 e. The maximum Gasteiger partial charge on any atom is 0.270 e. The molecule has 0 saturated heterocycles. The number of carbonyl (C=O) groups excluding carboxylic acids is 1. The number of rotatable bonds is 2. The number of ether oxygens (including phenoxy) is 1. The molecule has 0 bridgehead atoms. The van der Waals surface area contributed by atoms with E-state index in [-0.39, 0.29) is 11.5 Å². The van der Waals surface area contributed by atoms with Gasteiger partial charge in [-0.15, -0.1) is 0 Å². The van der Waals surface area contributed by atoms with E-state index in [1.54, 1.807) is 24.8 Å². The summed E-state index contributed by atoms with van der Waals surface area (Å²) in [5.74, 6) is 0.730. The van der Waals surface area contributed by atoms with Crippen LogP contribution in [0.4, 0.5) is 0 Å². The normalized spacial score (nSPS) is 13.8. The first-order chi connectivity index (χ1) is 12.0. The molecular formula is C19H19N3O3. The monoisotopic (exact) mass is 337 g/mol. The summed E-state index contributed by atoms with van der Waals surface area (Å²) in [5.41, 5.74) is 3.52. The van der Waals surface area contributed by atoms with Gasteiger partial charge < -0.3 is 19.2 Å². The van der Waals surface area contributed by atoms with E-state index in [0.29, 0.717) is 25.2 Å². The summed E-state index contributed by atoms with van der Waals surface area (Å²) in [6, 6.07) is 9.21. The van der Waals surface area contributed by atoms with Crippen LogP contribution in [0.5, 0.6) is 5.75 Å². The standard InChI is InChI=1S/C19H19N3O3/c1-21-10-14-11-22(6-5-12(14)9-18(21)23)19(24)17-8-13-7-15(25-2)3-4-16(13)20-17/h3-4,7-10,20H,5-6,11H2,1-2H3. The molecule has 1 aliphatic rings. The Bertz CT molecular complexity index is 1030. The van der Waals surface area contributed by atoms with Crippen molar-refractivity contribution in [2.45, 2.75) is 13.0 Å². The minimum atomic E-state index is -0.0327. The van der Waals surface area contributed by atoms with Gasteiger partial charge in [0, 0.05) is 43.3 Å². The summed E-state index contributed by atoms with van der Waals surface area (Å²) in [7, 11) is 3.35. The zero-order valence-corrected chi connectivity index (χ0v) is 14.2. The molecule has 3 heterocycles. The molecule has 6 heteroatoms. The third kappa shape index (κ3) is 2.69. The SMILES string of the molecule is COc1ccc2[nH]c(C(=O)N3CCc4cc(=O)n(C)cc4C3)cc2c1. The molecule has 6 nitrogen and oxygen atoms in total. The number of aromatic amines is 1. The van der Waals surface area contributed by atoms with Crippen LogP contribution in [0.15, 0.2) is 41.3 Å². The molecule has 4 rings (SSSR count). The van der Waals surface area contributed by atoms with E-state index >= 15 is 0 Å². The molecule has 0 fully saturated rings. The molecule has 25 heavy (non-hydrogen) atoms. The maximum atomic E-state index is 12.9. The van der Waals surface area contributed by atoms with Crippen LogP contribution in [0.3, 0.4) is 0 Å². The Morgan fingerprint density at radius 3 is 2.84 bits per heavy atom. The predicted octanol–water partition coefficient (Wildman–Crippen LogP) is 2.07. The van der Waals surface area contributed by atoms with Gasteiger partial charge in [0.15, 0.2) is 0 Å². The minimum absolute atomic E-state index is 0.0110. The number of carbonyl (C=O) groups is 1. The Balaban J connectivity index is 1.63. The lowest BCUT2D eigenvalue weighted by Gasteiger charge is -2.28. The summed E-state index contributed by atoms with van der Waals surface area (Å²) in [5, 5.41) is 0.947. The number of aryl methyl sites for hydroxylation is 1. The van der Waals surface area contributed by atoms with Crippen LogP contribution in [0.25, 0.3) is 10.9 Å². The van der Waals surface area contributed by atoms with E-state index < -0.39 is 0 Å². The molecule has 0 spiro atoms. The van der Waals surface area contributed by atoms with Gasteiger partial charge in [-0.3, -0.25) is 9.59 Å². The number of aromatic nitrogens is 2. The molecule has 1 aliphatic heterocycles. The molecule has 1 N–H and O–H groups in total. The molecule has 0 saturated carbocycles. The number of benzene rings is 1. The molecule has 0 radical (unpaired) electrons. The van der Waals surface area contributed by atoms with Gasteiger partial charge in [-0.1, -0.05) is 0 Å². The Morgan fingerprint density at radius 1 is 1.20 bits per heavy atom. The van der Waals surface area contributed by atoms with Crippen LogP contribution in [0.1, 0.15) is 21.6 Å². The Kier molecular flexibility index (Phi) is 3.60. The summed E-state index contributed by atoms with van der Waals surface area (Å²) in [6.07, 6.45) is 2.53. The zero-order valence-electron chi connectivity index (χ0n) is 14.2. The van der Waals surface area contributed by atoms with E-state index in [1.165, 1.54) is 0 Å². The van der Waals surface area contributed by atoms with Crippen LogP contribution in [-0.4, -0.2) is 34.0 Å². The highest BCUT2D eigenvalue weighted by Gasteiger charge is 2.23. The van der Waals surface area contributed by atoms with Crippen molar-refractivity contribution in [3.63, 3.8) is 0 Å². The second kappa shape index (κ2) is 5.81. The first-order valence-corrected chi connectivity index (χ1v) is 8.19. The number of nitrogens with one attached hydrogen (secondary N) is 1. The number of hydrogen-bond acceptors (Lipinski definition) is 3. The summed E-state index contributed by atoms with van der Waals surface area (Å²) >= 11 is 0. The molecule has 0 aliphatic carbocycles. The van der Waals surface area contributed by atoms with Crippen molar-refractivity contribution in [2.24, 2.45) is 7.05 Å². The predicted molar refractivity (Wildman–Crippen MR) is 95.0 cm³/mol. The van der Waals surface area contributed by atoms with Crippen molar-refractivity contribution in [3.05, 3.63) is 63.7 Å². The number of methoxy groups -OCH3 is 1. The highest BCUT2D eigenvalue weighted by atomic mass is 16.5. The van der Waals surface area contributed by atoms with Gasteiger partial charge in [-0.2, -0.15) is 0 Å². The summed E-state index contributed by atoms with van der Waals surface area (Å²) < 4.78 is 6.79. The van der Waals surface area contributed by atoms with E-state index in [1.807, 2.05) is 35.4 Å². The van der Waals surface area contributed by atoms with E-state index in [9.17, 15) is 9.59 Å². The van der Waals surface area contributed by atoms with Gasteiger partial charge in [0.2, 0.25) is 0 Å². The summed E-state index contributed by atoms with van der Waals surface area (Å²) in [6.45, 7) is 1.12. The number of hydrogen-bond donors (Lipinski definition) is 1. The van der Waals surface area contributed by atoms with Gasteiger partial charge in [0.1, 0.15) is 11.4 Å². The maximum absolute atomic E-state index is 12.9. The van der Waals surface area contributed by atoms with Crippen LogP contribution >= 0.6 is 0 Å². The number of pyridine rings is 1. The molecule has 0 atom stereocenters. The van der Waals surface area contributed by atoms with Crippen molar-refractivity contribution < 1.29 is 9.53 Å².